The molecule has 1 amide bonds. The van der Waals surface area contributed by atoms with Crippen LogP contribution in [0.15, 0.2) is 0 Å². The first-order valence-corrected chi connectivity index (χ1v) is 6.19. The van der Waals surface area contributed by atoms with Crippen molar-refractivity contribution in [2.45, 2.75) is 19.8 Å². The lowest BCUT2D eigenvalue weighted by atomic mass is 9.82. The number of rotatable bonds is 6. The van der Waals surface area contributed by atoms with E-state index in [1.807, 2.05) is 4.90 Å². The van der Waals surface area contributed by atoms with Crippen LogP contribution in [-0.2, 0) is 14.3 Å². The minimum absolute atomic E-state index is 0.0818. The molecule has 0 aromatic rings. The number of hydrogen-bond donors (Lipinski definition) is 2. The molecule has 2 N–H and O–H groups in total. The van der Waals surface area contributed by atoms with Gasteiger partial charge in [0, 0.05) is 20.2 Å². The summed E-state index contributed by atoms with van der Waals surface area (Å²) in [5.74, 6) is -0.867. The van der Waals surface area contributed by atoms with E-state index in [4.69, 9.17) is 4.74 Å². The van der Waals surface area contributed by atoms with Crippen molar-refractivity contribution in [3.63, 3.8) is 0 Å². The Balaban J connectivity index is 2.38. The van der Waals surface area contributed by atoms with Crippen molar-refractivity contribution >= 4 is 11.9 Å². The Labute approximate surface area is 107 Å². The van der Waals surface area contributed by atoms with Gasteiger partial charge in [0.05, 0.1) is 18.6 Å². The molecule has 0 bridgehead atoms. The van der Waals surface area contributed by atoms with Gasteiger partial charge in [0.2, 0.25) is 5.91 Å². The Morgan fingerprint density at radius 3 is 2.83 bits per heavy atom. The predicted octanol–water partition coefficient (Wildman–Crippen LogP) is -0.0643. The van der Waals surface area contributed by atoms with Gasteiger partial charge in [-0.15, -0.1) is 0 Å². The van der Waals surface area contributed by atoms with E-state index in [9.17, 15) is 14.7 Å². The number of hydrogen-bond acceptors (Lipinski definition) is 4. The van der Waals surface area contributed by atoms with Crippen LogP contribution in [0, 0.1) is 5.41 Å². The first kappa shape index (κ1) is 14.9. The topological polar surface area (TPSA) is 78.9 Å². The fourth-order valence-electron chi connectivity index (χ4n) is 2.21. The second-order valence-electron chi connectivity index (χ2n) is 5.02. The Bertz CT molecular complexity index is 308. The minimum Gasteiger partial charge on any atom is -0.481 e. The van der Waals surface area contributed by atoms with Gasteiger partial charge in [-0.05, 0) is 26.3 Å². The zero-order valence-electron chi connectivity index (χ0n) is 11.1. The highest BCUT2D eigenvalue weighted by Crippen LogP contribution is 2.29. The maximum atomic E-state index is 11.6. The summed E-state index contributed by atoms with van der Waals surface area (Å²) in [5, 5.41) is 11.9. The van der Waals surface area contributed by atoms with E-state index in [-0.39, 0.29) is 12.5 Å². The van der Waals surface area contributed by atoms with Crippen molar-refractivity contribution in [1.82, 2.24) is 10.2 Å². The molecule has 0 spiro atoms. The van der Waals surface area contributed by atoms with Crippen LogP contribution in [-0.4, -0.2) is 61.8 Å². The van der Waals surface area contributed by atoms with E-state index in [2.05, 4.69) is 5.32 Å². The Hall–Kier alpha value is -1.14. The number of carboxylic acids is 1. The van der Waals surface area contributed by atoms with Crippen molar-refractivity contribution < 1.29 is 19.4 Å². The SMILES string of the molecule is COCCNC(=O)CN1CCCC(C)(C(=O)O)C1. The molecular formula is C12H22N2O4. The third kappa shape index (κ3) is 4.27. The monoisotopic (exact) mass is 258 g/mol. The van der Waals surface area contributed by atoms with Gasteiger partial charge in [0.25, 0.3) is 0 Å². The van der Waals surface area contributed by atoms with Gasteiger partial charge >= 0.3 is 5.97 Å². The van der Waals surface area contributed by atoms with Crippen LogP contribution < -0.4 is 5.32 Å². The highest BCUT2D eigenvalue weighted by atomic mass is 16.5. The largest absolute Gasteiger partial charge is 0.481 e. The minimum atomic E-state index is -0.785. The summed E-state index contributed by atoms with van der Waals surface area (Å²) in [5.41, 5.74) is -0.731. The number of amides is 1. The van der Waals surface area contributed by atoms with E-state index in [1.165, 1.54) is 0 Å². The number of piperidine rings is 1. The number of nitrogens with zero attached hydrogens (tertiary/aromatic N) is 1. The highest BCUT2D eigenvalue weighted by Gasteiger charge is 2.38. The Morgan fingerprint density at radius 2 is 2.22 bits per heavy atom. The number of ether oxygens (including phenoxy) is 1. The molecule has 1 aliphatic heterocycles. The van der Waals surface area contributed by atoms with Crippen LogP contribution in [0.25, 0.3) is 0 Å². The van der Waals surface area contributed by atoms with E-state index in [1.54, 1.807) is 14.0 Å². The van der Waals surface area contributed by atoms with Crippen LogP contribution in [0.4, 0.5) is 0 Å². The third-order valence-corrected chi connectivity index (χ3v) is 3.29. The summed E-state index contributed by atoms with van der Waals surface area (Å²) in [6, 6.07) is 0. The fourth-order valence-corrected chi connectivity index (χ4v) is 2.21. The Kier molecular flexibility index (Phi) is 5.55. The van der Waals surface area contributed by atoms with E-state index in [0.29, 0.717) is 26.1 Å². The first-order valence-electron chi connectivity index (χ1n) is 6.19. The lowest BCUT2D eigenvalue weighted by Crippen LogP contribution is -2.49. The zero-order chi connectivity index (χ0) is 13.6. The van der Waals surface area contributed by atoms with Crippen molar-refractivity contribution in [2.24, 2.45) is 5.41 Å². The molecule has 1 fully saturated rings. The van der Waals surface area contributed by atoms with Crippen LogP contribution in [0.5, 0.6) is 0 Å². The molecule has 1 rings (SSSR count). The summed E-state index contributed by atoms with van der Waals surface area (Å²) >= 11 is 0. The molecule has 0 radical (unpaired) electrons. The predicted molar refractivity (Wildman–Crippen MR) is 66.3 cm³/mol. The van der Waals surface area contributed by atoms with Gasteiger partial charge in [-0.3, -0.25) is 14.5 Å². The molecule has 0 aliphatic carbocycles. The second-order valence-corrected chi connectivity index (χ2v) is 5.02. The number of methoxy groups -OCH3 is 1. The van der Waals surface area contributed by atoms with Crippen LogP contribution >= 0.6 is 0 Å². The molecule has 0 saturated carbocycles. The summed E-state index contributed by atoms with van der Waals surface area (Å²) in [6.45, 7) is 4.18. The quantitative estimate of drug-likeness (QED) is 0.652. The molecule has 1 heterocycles. The van der Waals surface area contributed by atoms with Crippen LogP contribution in [0.3, 0.4) is 0 Å². The molecule has 1 unspecified atom stereocenters. The molecule has 6 heteroatoms. The lowest BCUT2D eigenvalue weighted by Gasteiger charge is -2.37. The summed E-state index contributed by atoms with van der Waals surface area (Å²) in [4.78, 5) is 24.7. The highest BCUT2D eigenvalue weighted by molar-refractivity contribution is 5.78. The molecule has 1 atom stereocenters. The average Bonchev–Trinajstić information content (AvgIpc) is 2.29. The fraction of sp³-hybridized carbons (Fsp3) is 0.833. The summed E-state index contributed by atoms with van der Waals surface area (Å²) in [7, 11) is 1.58. The first-order chi connectivity index (χ1) is 8.48. The van der Waals surface area contributed by atoms with Crippen molar-refractivity contribution in [2.75, 3.05) is 39.9 Å². The van der Waals surface area contributed by atoms with Gasteiger partial charge in [0.1, 0.15) is 0 Å². The molecular weight excluding hydrogens is 236 g/mol. The number of carbonyl (C=O) groups is 2. The summed E-state index contributed by atoms with van der Waals surface area (Å²) in [6.07, 6.45) is 1.48. The number of carboxylic acid groups (broad SMARTS) is 1. The van der Waals surface area contributed by atoms with E-state index >= 15 is 0 Å². The Morgan fingerprint density at radius 1 is 1.50 bits per heavy atom. The average molecular weight is 258 g/mol. The van der Waals surface area contributed by atoms with E-state index < -0.39 is 11.4 Å². The van der Waals surface area contributed by atoms with Gasteiger partial charge < -0.3 is 15.2 Å². The van der Waals surface area contributed by atoms with Crippen LogP contribution in [0.1, 0.15) is 19.8 Å². The molecule has 1 aliphatic rings. The second kappa shape index (κ2) is 6.70. The van der Waals surface area contributed by atoms with Crippen LogP contribution in [0.2, 0.25) is 0 Å². The van der Waals surface area contributed by atoms with Gasteiger partial charge in [-0.25, -0.2) is 0 Å². The number of nitrogens with one attached hydrogen (secondary N) is 1. The number of aliphatic carboxylic acids is 1. The zero-order valence-corrected chi connectivity index (χ0v) is 11.1. The maximum Gasteiger partial charge on any atom is 0.310 e. The molecule has 0 aromatic carbocycles. The lowest BCUT2D eigenvalue weighted by molar-refractivity contribution is -0.151. The third-order valence-electron chi connectivity index (χ3n) is 3.29. The van der Waals surface area contributed by atoms with Gasteiger partial charge in [0.15, 0.2) is 0 Å². The van der Waals surface area contributed by atoms with Crippen molar-refractivity contribution in [3.8, 4) is 0 Å². The standard InChI is InChI=1S/C12H22N2O4/c1-12(11(16)17)4-3-6-14(9-12)8-10(15)13-5-7-18-2/h3-9H2,1-2H3,(H,13,15)(H,16,17). The van der Waals surface area contributed by atoms with Crippen molar-refractivity contribution in [1.29, 1.82) is 0 Å². The molecule has 6 nitrogen and oxygen atoms in total. The molecule has 0 aromatic heterocycles. The molecule has 1 saturated heterocycles. The molecule has 18 heavy (non-hydrogen) atoms. The van der Waals surface area contributed by atoms with Crippen molar-refractivity contribution in [3.05, 3.63) is 0 Å². The number of carbonyl (C=O) groups excluding carboxylic acids is 1. The van der Waals surface area contributed by atoms with Gasteiger partial charge in [-0.1, -0.05) is 0 Å². The van der Waals surface area contributed by atoms with E-state index in [0.717, 1.165) is 13.0 Å². The van der Waals surface area contributed by atoms with Gasteiger partial charge in [-0.2, -0.15) is 0 Å². The number of likely N-dealkylation sites (tertiary alicyclic amines) is 1. The maximum absolute atomic E-state index is 11.6. The normalized spacial score (nSPS) is 24.8. The summed E-state index contributed by atoms with van der Waals surface area (Å²) < 4.78 is 4.84. The molecule has 104 valence electrons. The smallest absolute Gasteiger partial charge is 0.310 e.